The molecular weight excluding hydrogens is 354 g/mol. The van der Waals surface area contributed by atoms with Crippen molar-refractivity contribution in [3.63, 3.8) is 0 Å². The summed E-state index contributed by atoms with van der Waals surface area (Å²) in [7, 11) is 1.35. The number of aromatic amines is 1. The molecule has 0 fully saturated rings. The highest BCUT2D eigenvalue weighted by Crippen LogP contribution is 2.17. The van der Waals surface area contributed by atoms with Gasteiger partial charge in [0.15, 0.2) is 0 Å². The molecule has 0 aromatic carbocycles. The van der Waals surface area contributed by atoms with E-state index in [0.29, 0.717) is 11.7 Å². The second-order valence-corrected chi connectivity index (χ2v) is 5.79. The van der Waals surface area contributed by atoms with Gasteiger partial charge in [-0.1, -0.05) is 0 Å². The second-order valence-electron chi connectivity index (χ2n) is 5.79. The zero-order valence-electron chi connectivity index (χ0n) is 14.6. The number of amides is 1. The highest BCUT2D eigenvalue weighted by atomic mass is 16.5. The van der Waals surface area contributed by atoms with E-state index in [1.54, 1.807) is 18.5 Å². The van der Waals surface area contributed by atoms with Gasteiger partial charge < -0.3 is 25.7 Å². The maximum absolute atomic E-state index is 12.4. The number of hydrogen-bond acceptors (Lipinski definition) is 5. The van der Waals surface area contributed by atoms with E-state index in [2.05, 4.69) is 20.1 Å². The predicted octanol–water partition coefficient (Wildman–Crippen LogP) is 0.340. The van der Waals surface area contributed by atoms with Crippen LogP contribution in [0.15, 0.2) is 24.5 Å². The molecule has 0 radical (unpaired) electrons. The normalized spacial score (nSPS) is 12.8. The van der Waals surface area contributed by atoms with E-state index in [0.717, 1.165) is 11.1 Å². The van der Waals surface area contributed by atoms with E-state index in [1.807, 2.05) is 6.07 Å². The highest BCUT2D eigenvalue weighted by Gasteiger charge is 2.27. The number of aliphatic carboxylic acids is 1. The van der Waals surface area contributed by atoms with E-state index in [4.69, 9.17) is 10.3 Å². The molecule has 0 saturated carbocycles. The molecule has 0 spiro atoms. The van der Waals surface area contributed by atoms with Gasteiger partial charge in [0, 0.05) is 32.3 Å². The molecule has 0 saturated heterocycles. The maximum Gasteiger partial charge on any atom is 0.326 e. The van der Waals surface area contributed by atoms with Gasteiger partial charge in [-0.05, 0) is 24.1 Å². The van der Waals surface area contributed by atoms with Crippen LogP contribution in [0.25, 0.3) is 16.6 Å². The predicted molar refractivity (Wildman–Crippen MR) is 94.1 cm³/mol. The number of aromatic nitrogens is 2. The number of nitrogens with zero attached hydrogens (tertiary/aromatic N) is 3. The van der Waals surface area contributed by atoms with Crippen molar-refractivity contribution in [2.45, 2.75) is 31.4 Å². The van der Waals surface area contributed by atoms with Crippen molar-refractivity contribution in [3.8, 4) is 0 Å². The van der Waals surface area contributed by atoms with Gasteiger partial charge >= 0.3 is 12.2 Å². The number of pyridine rings is 1. The van der Waals surface area contributed by atoms with Crippen LogP contribution in [0.5, 0.6) is 0 Å². The van der Waals surface area contributed by atoms with Crippen LogP contribution in [0.2, 0.25) is 0 Å². The first kappa shape index (κ1) is 20.0. The zero-order chi connectivity index (χ0) is 19.8. The molecular formula is C17H19N5O5. The van der Waals surface area contributed by atoms with E-state index >= 15 is 0 Å². The van der Waals surface area contributed by atoms with Crippen molar-refractivity contribution in [3.05, 3.63) is 35.6 Å². The number of ketones is 1. The number of nitrogens with one attached hydrogen (secondary N) is 2. The standard InChI is InChI=1S/C17H19N5O5/c1-27-14(7-10-8-20-12-3-2-6-19-15(10)12)16(24)22-13(17(25)26)5-4-11(23)9-21-18/h2-3,6,8-9,13-14,20H,4-5,7H2,1H3,(H,22,24)(H,25,26). The molecule has 0 aliphatic carbocycles. The summed E-state index contributed by atoms with van der Waals surface area (Å²) in [4.78, 5) is 45.0. The van der Waals surface area contributed by atoms with E-state index in [1.165, 1.54) is 7.11 Å². The summed E-state index contributed by atoms with van der Waals surface area (Å²) in [6, 6.07) is 2.36. The molecule has 2 aromatic rings. The Balaban J connectivity index is 2.04. The Morgan fingerprint density at radius 3 is 2.93 bits per heavy atom. The maximum atomic E-state index is 12.4. The fourth-order valence-corrected chi connectivity index (χ4v) is 2.59. The molecule has 0 aliphatic heterocycles. The van der Waals surface area contributed by atoms with Crippen molar-refractivity contribution >= 4 is 34.9 Å². The largest absolute Gasteiger partial charge is 0.480 e. The smallest absolute Gasteiger partial charge is 0.326 e. The van der Waals surface area contributed by atoms with Crippen LogP contribution in [0.3, 0.4) is 0 Å². The van der Waals surface area contributed by atoms with Gasteiger partial charge in [0.2, 0.25) is 11.7 Å². The van der Waals surface area contributed by atoms with Gasteiger partial charge in [0.25, 0.3) is 0 Å². The quantitative estimate of drug-likeness (QED) is 0.309. The molecule has 2 aromatic heterocycles. The zero-order valence-corrected chi connectivity index (χ0v) is 14.6. The molecule has 3 N–H and O–H groups in total. The molecule has 2 heterocycles. The molecule has 27 heavy (non-hydrogen) atoms. The van der Waals surface area contributed by atoms with Gasteiger partial charge in [0.1, 0.15) is 12.1 Å². The van der Waals surface area contributed by atoms with Crippen molar-refractivity contribution in [2.75, 3.05) is 7.11 Å². The molecule has 10 nitrogen and oxygen atoms in total. The number of rotatable bonds is 10. The highest BCUT2D eigenvalue weighted by molar-refractivity contribution is 6.25. The number of carbonyl (C=O) groups excluding carboxylic acids is 2. The van der Waals surface area contributed by atoms with Crippen LogP contribution in [0.1, 0.15) is 18.4 Å². The third-order valence-corrected chi connectivity index (χ3v) is 3.99. The third-order valence-electron chi connectivity index (χ3n) is 3.99. The number of ether oxygens (including phenoxy) is 1. The first-order chi connectivity index (χ1) is 13.0. The first-order valence-corrected chi connectivity index (χ1v) is 8.13. The Labute approximate surface area is 154 Å². The van der Waals surface area contributed by atoms with E-state index in [-0.39, 0.29) is 19.3 Å². The average Bonchev–Trinajstić information content (AvgIpc) is 3.05. The van der Waals surface area contributed by atoms with Crippen LogP contribution in [0, 0.1) is 0 Å². The lowest BCUT2D eigenvalue weighted by molar-refractivity contribution is -0.144. The van der Waals surface area contributed by atoms with Gasteiger partial charge in [-0.15, -0.1) is 0 Å². The number of carboxylic acid groups (broad SMARTS) is 1. The van der Waals surface area contributed by atoms with Crippen LogP contribution in [-0.2, 0) is 25.5 Å². The Hall–Kier alpha value is -3.36. The number of carbonyl (C=O) groups is 3. The lowest BCUT2D eigenvalue weighted by Crippen LogP contribution is -2.46. The number of fused-ring (bicyclic) bond motifs is 1. The van der Waals surface area contributed by atoms with Crippen LogP contribution >= 0.6 is 0 Å². The first-order valence-electron chi connectivity index (χ1n) is 8.13. The lowest BCUT2D eigenvalue weighted by atomic mass is 10.1. The molecule has 0 aliphatic rings. The second kappa shape index (κ2) is 9.37. The molecule has 142 valence electrons. The summed E-state index contributed by atoms with van der Waals surface area (Å²) in [5, 5.41) is 11.6. The minimum absolute atomic E-state index is 0.142. The van der Waals surface area contributed by atoms with Gasteiger partial charge in [0.05, 0.1) is 11.0 Å². The lowest BCUT2D eigenvalue weighted by Gasteiger charge is -2.19. The Kier molecular flexibility index (Phi) is 6.93. The monoisotopic (exact) mass is 373 g/mol. The van der Waals surface area contributed by atoms with Gasteiger partial charge in [-0.2, -0.15) is 4.79 Å². The van der Waals surface area contributed by atoms with Gasteiger partial charge in [-0.25, -0.2) is 4.79 Å². The Morgan fingerprint density at radius 2 is 2.26 bits per heavy atom. The molecule has 10 heteroatoms. The number of H-pyrrole nitrogens is 1. The number of methoxy groups -OCH3 is 1. The van der Waals surface area contributed by atoms with E-state index < -0.39 is 29.8 Å². The van der Waals surface area contributed by atoms with Crippen molar-refractivity contribution < 1.29 is 29.0 Å². The summed E-state index contributed by atoms with van der Waals surface area (Å²) >= 11 is 0. The summed E-state index contributed by atoms with van der Waals surface area (Å²) in [5.41, 5.74) is 10.6. The SMILES string of the molecule is COC(Cc1c[nH]c2cccnc12)C(=O)NC(CCC(=O)C=[N+]=[N-])C(=O)O. The van der Waals surface area contributed by atoms with Gasteiger partial charge in [-0.3, -0.25) is 14.6 Å². The van der Waals surface area contributed by atoms with E-state index in [9.17, 15) is 19.5 Å². The fraction of sp³-hybridized carbons (Fsp3) is 0.353. The summed E-state index contributed by atoms with van der Waals surface area (Å²) in [6.45, 7) is 0. The summed E-state index contributed by atoms with van der Waals surface area (Å²) in [5.74, 6) is -2.44. The molecule has 0 bridgehead atoms. The Morgan fingerprint density at radius 1 is 1.48 bits per heavy atom. The van der Waals surface area contributed by atoms with Crippen molar-refractivity contribution in [1.82, 2.24) is 15.3 Å². The van der Waals surface area contributed by atoms with Crippen LogP contribution in [0.4, 0.5) is 0 Å². The minimum atomic E-state index is -1.28. The molecule has 2 rings (SSSR count). The van der Waals surface area contributed by atoms with Crippen molar-refractivity contribution in [2.24, 2.45) is 0 Å². The molecule has 2 atom stereocenters. The Bertz CT molecular complexity index is 887. The topological polar surface area (TPSA) is 158 Å². The number of hydrogen-bond donors (Lipinski definition) is 3. The molecule has 1 amide bonds. The third kappa shape index (κ3) is 5.30. The minimum Gasteiger partial charge on any atom is -0.480 e. The fourth-order valence-electron chi connectivity index (χ4n) is 2.59. The number of carboxylic acids is 1. The summed E-state index contributed by atoms with van der Waals surface area (Å²) < 4.78 is 5.21. The number of Topliss-reactive ketones (excluding diaryl/α,β-unsaturated/α-hetero) is 1. The van der Waals surface area contributed by atoms with Crippen LogP contribution in [-0.4, -0.2) is 63.0 Å². The molecule has 2 unspecified atom stereocenters. The van der Waals surface area contributed by atoms with Crippen molar-refractivity contribution in [1.29, 1.82) is 0 Å². The summed E-state index contributed by atoms with van der Waals surface area (Å²) in [6.07, 6.45) is 2.97. The van der Waals surface area contributed by atoms with Crippen LogP contribution < -0.4 is 5.32 Å². The average molecular weight is 373 g/mol.